The van der Waals surface area contributed by atoms with Crippen LogP contribution >= 0.6 is 23.2 Å². The number of halogens is 5. The van der Waals surface area contributed by atoms with Gasteiger partial charge in [0.1, 0.15) is 0 Å². The van der Waals surface area contributed by atoms with Crippen LogP contribution in [0, 0.1) is 0 Å². The fraction of sp³-hybridized carbons (Fsp3) is 0.111. The molecule has 0 saturated heterocycles. The highest BCUT2D eigenvalue weighted by molar-refractivity contribution is 6.35. The molecule has 0 atom stereocenters. The highest BCUT2D eigenvalue weighted by Gasteiger charge is 2.35. The SMILES string of the molecule is Oc1cc(C(F)(F)F)nn1-c1ncc(Cl)cc1Cl. The maximum absolute atomic E-state index is 12.4. The largest absolute Gasteiger partial charge is 0.493 e. The van der Waals surface area contributed by atoms with Crippen LogP contribution in [-0.2, 0) is 6.18 Å². The fourth-order valence-corrected chi connectivity index (χ4v) is 1.69. The van der Waals surface area contributed by atoms with Crippen LogP contribution in [0.15, 0.2) is 18.3 Å². The Morgan fingerprint density at radius 1 is 1.22 bits per heavy atom. The molecule has 0 aromatic carbocycles. The van der Waals surface area contributed by atoms with E-state index in [1.807, 2.05) is 0 Å². The molecule has 0 aliphatic rings. The second kappa shape index (κ2) is 4.33. The van der Waals surface area contributed by atoms with E-state index in [4.69, 9.17) is 23.2 Å². The van der Waals surface area contributed by atoms with Gasteiger partial charge in [0.15, 0.2) is 11.5 Å². The van der Waals surface area contributed by atoms with Crippen LogP contribution in [0.5, 0.6) is 5.88 Å². The zero-order valence-corrected chi connectivity index (χ0v) is 9.92. The molecule has 0 fully saturated rings. The van der Waals surface area contributed by atoms with Crippen LogP contribution in [0.3, 0.4) is 0 Å². The number of aromatic nitrogens is 3. The van der Waals surface area contributed by atoms with E-state index in [9.17, 15) is 18.3 Å². The lowest BCUT2D eigenvalue weighted by Crippen LogP contribution is -2.08. The fourth-order valence-electron chi connectivity index (χ4n) is 1.23. The molecular formula is C9H4Cl2F3N3O. The zero-order chi connectivity index (χ0) is 13.5. The first-order valence-corrected chi connectivity index (χ1v) is 5.22. The van der Waals surface area contributed by atoms with E-state index in [0.717, 1.165) is 0 Å². The molecule has 9 heteroatoms. The molecule has 0 radical (unpaired) electrons. The predicted octanol–water partition coefficient (Wildman–Crippen LogP) is 3.30. The van der Waals surface area contributed by atoms with Crippen molar-refractivity contribution in [1.29, 1.82) is 0 Å². The minimum atomic E-state index is -4.67. The lowest BCUT2D eigenvalue weighted by Gasteiger charge is -2.04. The molecule has 0 saturated carbocycles. The number of nitrogens with zero attached hydrogens (tertiary/aromatic N) is 3. The molecule has 0 spiro atoms. The van der Waals surface area contributed by atoms with Crippen LogP contribution in [0.4, 0.5) is 13.2 Å². The van der Waals surface area contributed by atoms with Crippen molar-refractivity contribution in [2.75, 3.05) is 0 Å². The summed E-state index contributed by atoms with van der Waals surface area (Å²) in [6, 6.07) is 1.76. The van der Waals surface area contributed by atoms with Gasteiger partial charge in [-0.2, -0.15) is 23.0 Å². The van der Waals surface area contributed by atoms with Crippen molar-refractivity contribution in [2.24, 2.45) is 0 Å². The summed E-state index contributed by atoms with van der Waals surface area (Å²) in [7, 11) is 0. The lowest BCUT2D eigenvalue weighted by atomic mass is 10.4. The normalized spacial score (nSPS) is 11.8. The summed E-state index contributed by atoms with van der Waals surface area (Å²) in [5.74, 6) is -0.867. The Hall–Kier alpha value is -1.47. The zero-order valence-electron chi connectivity index (χ0n) is 8.41. The van der Waals surface area contributed by atoms with Gasteiger partial charge in [0.05, 0.1) is 10.0 Å². The molecule has 0 aliphatic heterocycles. The van der Waals surface area contributed by atoms with Gasteiger partial charge in [-0.15, -0.1) is 0 Å². The number of rotatable bonds is 1. The molecule has 4 nitrogen and oxygen atoms in total. The summed E-state index contributed by atoms with van der Waals surface area (Å²) >= 11 is 11.4. The maximum Gasteiger partial charge on any atom is 0.435 e. The number of alkyl halides is 3. The molecule has 1 N–H and O–H groups in total. The second-order valence-electron chi connectivity index (χ2n) is 3.26. The Balaban J connectivity index is 2.55. The standard InChI is InChI=1S/C9H4Cl2F3N3O/c10-4-1-5(11)8(15-3-4)17-7(18)2-6(16-17)9(12,13)14/h1-3,18H. The molecule has 0 bridgehead atoms. The lowest BCUT2D eigenvalue weighted by molar-refractivity contribution is -0.141. The van der Waals surface area contributed by atoms with Gasteiger partial charge < -0.3 is 5.11 Å². The monoisotopic (exact) mass is 297 g/mol. The second-order valence-corrected chi connectivity index (χ2v) is 4.10. The average Bonchev–Trinajstić information content (AvgIpc) is 2.60. The van der Waals surface area contributed by atoms with E-state index in [-0.39, 0.29) is 15.9 Å². The van der Waals surface area contributed by atoms with E-state index in [1.54, 1.807) is 0 Å². The summed E-state index contributed by atoms with van der Waals surface area (Å²) in [5.41, 5.74) is -1.24. The molecule has 2 aromatic rings. The summed E-state index contributed by atoms with van der Waals surface area (Å²) in [4.78, 5) is 3.71. The molecule has 0 amide bonds. The highest BCUT2D eigenvalue weighted by atomic mass is 35.5. The molecule has 0 aliphatic carbocycles. The predicted molar refractivity (Wildman–Crippen MR) is 58.0 cm³/mol. The molecular weight excluding hydrogens is 294 g/mol. The van der Waals surface area contributed by atoms with Gasteiger partial charge in [-0.25, -0.2) is 4.98 Å². The Morgan fingerprint density at radius 2 is 1.89 bits per heavy atom. The van der Waals surface area contributed by atoms with E-state index >= 15 is 0 Å². The Labute approximate surface area is 109 Å². The van der Waals surface area contributed by atoms with Crippen LogP contribution in [-0.4, -0.2) is 19.9 Å². The van der Waals surface area contributed by atoms with Crippen LogP contribution in [0.1, 0.15) is 5.69 Å². The summed E-state index contributed by atoms with van der Waals surface area (Å²) in [6.45, 7) is 0. The van der Waals surface area contributed by atoms with Crippen molar-refractivity contribution in [3.8, 4) is 11.7 Å². The van der Waals surface area contributed by atoms with Gasteiger partial charge in [-0.1, -0.05) is 23.2 Å². The van der Waals surface area contributed by atoms with Crippen molar-refractivity contribution in [1.82, 2.24) is 14.8 Å². The van der Waals surface area contributed by atoms with Crippen molar-refractivity contribution >= 4 is 23.2 Å². The van der Waals surface area contributed by atoms with Crippen LogP contribution in [0.25, 0.3) is 5.82 Å². The highest BCUT2D eigenvalue weighted by Crippen LogP contribution is 2.32. The summed E-state index contributed by atoms with van der Waals surface area (Å²) in [5, 5.41) is 12.8. The van der Waals surface area contributed by atoms with E-state index in [1.165, 1.54) is 12.3 Å². The van der Waals surface area contributed by atoms with Crippen molar-refractivity contribution in [3.05, 3.63) is 34.1 Å². The van der Waals surface area contributed by atoms with E-state index < -0.39 is 17.8 Å². The first kappa shape index (κ1) is 13.0. The quantitative estimate of drug-likeness (QED) is 0.879. The third-order valence-corrected chi connectivity index (χ3v) is 2.45. The summed E-state index contributed by atoms with van der Waals surface area (Å²) in [6.07, 6.45) is -3.49. The topological polar surface area (TPSA) is 50.9 Å². The van der Waals surface area contributed by atoms with Crippen molar-refractivity contribution in [3.63, 3.8) is 0 Å². The van der Waals surface area contributed by atoms with Gasteiger partial charge in [-0.05, 0) is 6.07 Å². The first-order chi connectivity index (χ1) is 8.29. The van der Waals surface area contributed by atoms with Crippen molar-refractivity contribution in [2.45, 2.75) is 6.18 Å². The number of hydrogen-bond donors (Lipinski definition) is 1. The maximum atomic E-state index is 12.4. The smallest absolute Gasteiger partial charge is 0.435 e. The van der Waals surface area contributed by atoms with E-state index in [0.29, 0.717) is 10.7 Å². The third-order valence-electron chi connectivity index (χ3n) is 1.97. The number of pyridine rings is 1. The van der Waals surface area contributed by atoms with Crippen LogP contribution < -0.4 is 0 Å². The van der Waals surface area contributed by atoms with E-state index in [2.05, 4.69) is 10.1 Å². The van der Waals surface area contributed by atoms with Gasteiger partial charge in [-0.3, -0.25) is 0 Å². The molecule has 2 aromatic heterocycles. The number of hydrogen-bond acceptors (Lipinski definition) is 3. The third kappa shape index (κ3) is 2.37. The van der Waals surface area contributed by atoms with Gasteiger partial charge >= 0.3 is 6.18 Å². The van der Waals surface area contributed by atoms with Gasteiger partial charge in [0, 0.05) is 12.3 Å². The van der Waals surface area contributed by atoms with Gasteiger partial charge in [0.2, 0.25) is 5.88 Å². The first-order valence-electron chi connectivity index (χ1n) is 4.46. The van der Waals surface area contributed by atoms with Crippen molar-refractivity contribution < 1.29 is 18.3 Å². The Morgan fingerprint density at radius 3 is 2.39 bits per heavy atom. The number of aromatic hydroxyl groups is 1. The Bertz CT molecular complexity index is 597. The molecule has 18 heavy (non-hydrogen) atoms. The summed E-state index contributed by atoms with van der Waals surface area (Å²) < 4.78 is 37.8. The molecule has 0 unspecified atom stereocenters. The average molecular weight is 298 g/mol. The van der Waals surface area contributed by atoms with Gasteiger partial charge in [0.25, 0.3) is 0 Å². The minimum Gasteiger partial charge on any atom is -0.493 e. The van der Waals surface area contributed by atoms with Crippen LogP contribution in [0.2, 0.25) is 10.0 Å². The molecule has 2 heterocycles. The molecule has 2 rings (SSSR count). The Kier molecular flexibility index (Phi) is 3.12. The minimum absolute atomic E-state index is 0.0328. The molecule has 96 valence electrons.